The lowest BCUT2D eigenvalue weighted by Crippen LogP contribution is -2.38. The van der Waals surface area contributed by atoms with E-state index < -0.39 is 0 Å². The molecule has 2 aromatic rings. The largest absolute Gasteiger partial charge is 0.352 e. The number of carbonyl (C=O) groups is 1. The number of halogens is 1. The van der Waals surface area contributed by atoms with Gasteiger partial charge < -0.3 is 10.6 Å². The Morgan fingerprint density at radius 2 is 2.17 bits per heavy atom. The summed E-state index contributed by atoms with van der Waals surface area (Å²) in [5, 5.41) is 10.7. The van der Waals surface area contributed by atoms with E-state index in [4.69, 9.17) is 0 Å². The number of hydrogen-bond donors (Lipinski definition) is 2. The summed E-state index contributed by atoms with van der Waals surface area (Å²) in [5.74, 6) is 0.540. The number of hydrogen-bond acceptors (Lipinski definition) is 3. The van der Waals surface area contributed by atoms with Gasteiger partial charge in [0.05, 0.1) is 11.9 Å². The van der Waals surface area contributed by atoms with Gasteiger partial charge in [0, 0.05) is 18.3 Å². The minimum Gasteiger partial charge on any atom is -0.352 e. The number of carbonyl (C=O) groups excluding carboxylic acids is 1. The molecule has 1 aromatic carbocycles. The third kappa shape index (κ3) is 4.56. The summed E-state index contributed by atoms with van der Waals surface area (Å²) in [7, 11) is 0. The molecule has 2 N–H and O–H groups in total. The number of benzene rings is 1. The van der Waals surface area contributed by atoms with Crippen LogP contribution in [0, 0.1) is 12.8 Å². The van der Waals surface area contributed by atoms with Crippen molar-refractivity contribution in [2.75, 3.05) is 19.6 Å². The summed E-state index contributed by atoms with van der Waals surface area (Å²) in [5.41, 5.74) is 2.76. The maximum absolute atomic E-state index is 12.2. The number of aryl methyl sites for hydroxylation is 1. The highest BCUT2D eigenvalue weighted by atomic mass is 35.5. The third-order valence-corrected chi connectivity index (χ3v) is 4.06. The second-order valence-corrected chi connectivity index (χ2v) is 5.93. The zero-order chi connectivity index (χ0) is 15.4. The van der Waals surface area contributed by atoms with Crippen molar-refractivity contribution in [2.45, 2.75) is 19.8 Å². The normalized spacial score (nSPS) is 17.3. The van der Waals surface area contributed by atoms with Crippen LogP contribution in [0.2, 0.25) is 0 Å². The zero-order valence-corrected chi connectivity index (χ0v) is 14.1. The molecule has 23 heavy (non-hydrogen) atoms. The molecule has 124 valence electrons. The van der Waals surface area contributed by atoms with Gasteiger partial charge in [0.2, 0.25) is 0 Å². The summed E-state index contributed by atoms with van der Waals surface area (Å²) < 4.78 is 1.81. The third-order valence-electron chi connectivity index (χ3n) is 4.06. The molecule has 0 saturated carbocycles. The quantitative estimate of drug-likeness (QED) is 0.902. The number of amides is 1. The first kappa shape index (κ1) is 17.5. The number of aromatic nitrogens is 2. The molecular formula is C17H23ClN4O. The van der Waals surface area contributed by atoms with E-state index in [-0.39, 0.29) is 18.3 Å². The second-order valence-electron chi connectivity index (χ2n) is 5.93. The van der Waals surface area contributed by atoms with Crippen LogP contribution in [0.5, 0.6) is 0 Å². The number of piperidine rings is 1. The van der Waals surface area contributed by atoms with E-state index in [1.165, 1.54) is 12.8 Å². The lowest BCUT2D eigenvalue weighted by molar-refractivity contribution is 0.0945. The molecule has 1 aromatic heterocycles. The predicted octanol–water partition coefficient (Wildman–Crippen LogP) is 2.33. The minimum absolute atomic E-state index is 0. The van der Waals surface area contributed by atoms with Gasteiger partial charge in [0.25, 0.3) is 5.91 Å². The van der Waals surface area contributed by atoms with Crippen molar-refractivity contribution in [3.63, 3.8) is 0 Å². The van der Waals surface area contributed by atoms with Gasteiger partial charge in [-0.2, -0.15) is 5.10 Å². The molecule has 0 bridgehead atoms. The molecule has 1 saturated heterocycles. The van der Waals surface area contributed by atoms with Crippen molar-refractivity contribution in [1.29, 1.82) is 0 Å². The topological polar surface area (TPSA) is 59.0 Å². The van der Waals surface area contributed by atoms with E-state index >= 15 is 0 Å². The number of rotatable bonds is 4. The van der Waals surface area contributed by atoms with Crippen LogP contribution in [0.3, 0.4) is 0 Å². The van der Waals surface area contributed by atoms with Gasteiger partial charge in [-0.15, -0.1) is 12.4 Å². The fraction of sp³-hybridized carbons (Fsp3) is 0.412. The van der Waals surface area contributed by atoms with Gasteiger partial charge in [0.1, 0.15) is 0 Å². The SMILES string of the molecule is Cc1cnn(-c2ccc(C(=O)NCC3CCCNC3)cc2)c1.Cl. The lowest BCUT2D eigenvalue weighted by Gasteiger charge is -2.22. The highest BCUT2D eigenvalue weighted by molar-refractivity contribution is 5.94. The average molecular weight is 335 g/mol. The van der Waals surface area contributed by atoms with Gasteiger partial charge in [-0.05, 0) is 68.6 Å². The van der Waals surface area contributed by atoms with Crippen LogP contribution in [0.1, 0.15) is 28.8 Å². The van der Waals surface area contributed by atoms with E-state index in [9.17, 15) is 4.79 Å². The van der Waals surface area contributed by atoms with Gasteiger partial charge in [-0.3, -0.25) is 4.79 Å². The van der Waals surface area contributed by atoms with Crippen LogP contribution < -0.4 is 10.6 Å². The highest BCUT2D eigenvalue weighted by Gasteiger charge is 2.14. The Hall–Kier alpha value is -1.85. The van der Waals surface area contributed by atoms with Gasteiger partial charge >= 0.3 is 0 Å². The average Bonchev–Trinajstić information content (AvgIpc) is 3.00. The first-order valence-electron chi connectivity index (χ1n) is 7.83. The Bertz CT molecular complexity index is 632. The molecular weight excluding hydrogens is 312 g/mol. The van der Waals surface area contributed by atoms with Gasteiger partial charge in [-0.25, -0.2) is 4.68 Å². The van der Waals surface area contributed by atoms with E-state index in [1.54, 1.807) is 0 Å². The van der Waals surface area contributed by atoms with Crippen molar-refractivity contribution >= 4 is 18.3 Å². The van der Waals surface area contributed by atoms with Crippen LogP contribution in [0.4, 0.5) is 0 Å². The minimum atomic E-state index is -0.00577. The van der Waals surface area contributed by atoms with Crippen LogP contribution in [0.15, 0.2) is 36.7 Å². The molecule has 1 amide bonds. The molecule has 6 heteroatoms. The maximum Gasteiger partial charge on any atom is 0.251 e. The molecule has 1 atom stereocenters. The summed E-state index contributed by atoms with van der Waals surface area (Å²) >= 11 is 0. The standard InChI is InChI=1S/C17H22N4O.ClH/c1-13-9-20-21(12-13)16-6-4-15(5-7-16)17(22)19-11-14-3-2-8-18-10-14;/h4-7,9,12,14,18H,2-3,8,10-11H2,1H3,(H,19,22);1H. The molecule has 5 nitrogen and oxygen atoms in total. The molecule has 3 rings (SSSR count). The fourth-order valence-electron chi connectivity index (χ4n) is 2.76. The van der Waals surface area contributed by atoms with E-state index in [0.717, 1.165) is 30.9 Å². The molecule has 0 spiro atoms. The lowest BCUT2D eigenvalue weighted by atomic mass is 9.99. The summed E-state index contributed by atoms with van der Waals surface area (Å²) in [6.45, 7) is 4.84. The Morgan fingerprint density at radius 3 is 2.78 bits per heavy atom. The monoisotopic (exact) mass is 334 g/mol. The second kappa shape index (κ2) is 8.13. The molecule has 1 unspecified atom stereocenters. The van der Waals surface area contributed by atoms with E-state index in [0.29, 0.717) is 11.5 Å². The van der Waals surface area contributed by atoms with Crippen LogP contribution >= 0.6 is 12.4 Å². The van der Waals surface area contributed by atoms with Gasteiger partial charge in [0.15, 0.2) is 0 Å². The highest BCUT2D eigenvalue weighted by Crippen LogP contribution is 2.11. The van der Waals surface area contributed by atoms with Crippen molar-refractivity contribution in [3.05, 3.63) is 47.8 Å². The fourth-order valence-corrected chi connectivity index (χ4v) is 2.76. The Balaban J connectivity index is 0.00000192. The summed E-state index contributed by atoms with van der Waals surface area (Å²) in [4.78, 5) is 12.2. The first-order chi connectivity index (χ1) is 10.7. The smallest absolute Gasteiger partial charge is 0.251 e. The maximum atomic E-state index is 12.2. The summed E-state index contributed by atoms with van der Waals surface area (Å²) in [6.07, 6.45) is 6.16. The molecule has 1 aliphatic heterocycles. The molecule has 1 fully saturated rings. The van der Waals surface area contributed by atoms with Crippen molar-refractivity contribution in [1.82, 2.24) is 20.4 Å². The molecule has 1 aliphatic rings. The Kier molecular flexibility index (Phi) is 6.19. The van der Waals surface area contributed by atoms with E-state index in [1.807, 2.05) is 48.3 Å². The van der Waals surface area contributed by atoms with Crippen LogP contribution in [-0.2, 0) is 0 Å². The van der Waals surface area contributed by atoms with Crippen LogP contribution in [-0.4, -0.2) is 35.3 Å². The zero-order valence-electron chi connectivity index (χ0n) is 13.3. The molecule has 0 aliphatic carbocycles. The van der Waals surface area contributed by atoms with Gasteiger partial charge in [-0.1, -0.05) is 0 Å². The van der Waals surface area contributed by atoms with Crippen molar-refractivity contribution in [2.24, 2.45) is 5.92 Å². The molecule has 0 radical (unpaired) electrons. The summed E-state index contributed by atoms with van der Waals surface area (Å²) in [6, 6.07) is 7.54. The Labute approximate surface area is 142 Å². The number of nitrogens with zero attached hydrogens (tertiary/aromatic N) is 2. The predicted molar refractivity (Wildman–Crippen MR) is 93.5 cm³/mol. The van der Waals surface area contributed by atoms with Crippen LogP contribution in [0.25, 0.3) is 5.69 Å². The number of nitrogens with one attached hydrogen (secondary N) is 2. The Morgan fingerprint density at radius 1 is 1.39 bits per heavy atom. The van der Waals surface area contributed by atoms with Crippen molar-refractivity contribution < 1.29 is 4.79 Å². The first-order valence-corrected chi connectivity index (χ1v) is 7.83. The van der Waals surface area contributed by atoms with Crippen molar-refractivity contribution in [3.8, 4) is 5.69 Å². The van der Waals surface area contributed by atoms with E-state index in [2.05, 4.69) is 15.7 Å². The molecule has 2 heterocycles.